The maximum atomic E-state index is 12.7. The van der Waals surface area contributed by atoms with Gasteiger partial charge in [0.2, 0.25) is 5.91 Å². The Morgan fingerprint density at radius 3 is 2.63 bits per heavy atom. The Morgan fingerprint density at radius 1 is 1.22 bits per heavy atom. The lowest BCUT2D eigenvalue weighted by Gasteiger charge is -2.23. The topological polar surface area (TPSA) is 53.9 Å². The molecule has 0 bridgehead atoms. The molecule has 1 aromatic carbocycles. The number of thiophene rings is 1. The number of anilines is 1. The van der Waals surface area contributed by atoms with Gasteiger partial charge in [0.1, 0.15) is 6.04 Å². The first kappa shape index (κ1) is 19.6. The van der Waals surface area contributed by atoms with E-state index in [9.17, 15) is 9.59 Å². The first-order valence-electron chi connectivity index (χ1n) is 9.43. The average Bonchev–Trinajstić information content (AvgIpc) is 3.29. The lowest BCUT2D eigenvalue weighted by atomic mass is 10.1. The number of carbonyl (C=O) groups excluding carboxylic acids is 2. The predicted molar refractivity (Wildman–Crippen MR) is 109 cm³/mol. The highest BCUT2D eigenvalue weighted by Gasteiger charge is 2.33. The number of amides is 2. The molecule has 2 heterocycles. The molecule has 144 valence electrons. The molecule has 5 nitrogen and oxygen atoms in total. The van der Waals surface area contributed by atoms with E-state index in [0.717, 1.165) is 36.2 Å². The van der Waals surface area contributed by atoms with Crippen molar-refractivity contribution in [2.24, 2.45) is 0 Å². The number of quaternary nitrogens is 1. The number of rotatable bonds is 6. The van der Waals surface area contributed by atoms with Crippen LogP contribution in [0.2, 0.25) is 0 Å². The van der Waals surface area contributed by atoms with Crippen LogP contribution in [0.3, 0.4) is 0 Å². The standard InChI is InChI=1S/C21H27N3O2S/c1-15-7-4-8-16(2)21(15)22-19(25)13-23(3)20(26)14-24-11-5-9-17(24)18-10-6-12-27-18/h4,6-8,10,12,17H,5,9,11,13-14H2,1-3H3,(H,22,25)/p+1/t17-/m1/s1. The second-order valence-electron chi connectivity index (χ2n) is 7.36. The van der Waals surface area contributed by atoms with E-state index >= 15 is 0 Å². The molecular weight excluding hydrogens is 358 g/mol. The highest BCUT2D eigenvalue weighted by molar-refractivity contribution is 7.10. The van der Waals surface area contributed by atoms with Crippen molar-refractivity contribution in [3.63, 3.8) is 0 Å². The molecule has 0 saturated carbocycles. The number of benzene rings is 1. The average molecular weight is 387 g/mol. The minimum atomic E-state index is -0.158. The Labute approximate surface area is 165 Å². The number of aryl methyl sites for hydroxylation is 2. The van der Waals surface area contributed by atoms with Crippen LogP contribution >= 0.6 is 11.3 Å². The number of carbonyl (C=O) groups is 2. The molecule has 2 aromatic rings. The van der Waals surface area contributed by atoms with E-state index in [1.165, 1.54) is 9.78 Å². The van der Waals surface area contributed by atoms with E-state index in [1.54, 1.807) is 23.3 Å². The molecule has 0 radical (unpaired) electrons. The predicted octanol–water partition coefficient (Wildman–Crippen LogP) is 2.18. The van der Waals surface area contributed by atoms with Crippen molar-refractivity contribution in [3.05, 3.63) is 51.7 Å². The molecular formula is C21H28N3O2S+. The third-order valence-corrected chi connectivity index (χ3v) is 6.29. The van der Waals surface area contributed by atoms with Gasteiger partial charge < -0.3 is 15.1 Å². The van der Waals surface area contributed by atoms with Gasteiger partial charge in [-0.05, 0) is 36.4 Å². The zero-order chi connectivity index (χ0) is 19.4. The van der Waals surface area contributed by atoms with Crippen molar-refractivity contribution in [1.29, 1.82) is 0 Å². The zero-order valence-corrected chi connectivity index (χ0v) is 17.1. The fourth-order valence-electron chi connectivity index (χ4n) is 3.78. The number of likely N-dealkylation sites (N-methyl/N-ethyl adjacent to an activating group) is 1. The first-order valence-corrected chi connectivity index (χ1v) is 10.3. The van der Waals surface area contributed by atoms with Crippen molar-refractivity contribution in [2.45, 2.75) is 32.7 Å². The van der Waals surface area contributed by atoms with Gasteiger partial charge in [0.25, 0.3) is 5.91 Å². The van der Waals surface area contributed by atoms with Crippen LogP contribution in [0.5, 0.6) is 0 Å². The molecule has 6 heteroatoms. The third kappa shape index (κ3) is 4.76. The van der Waals surface area contributed by atoms with Crippen LogP contribution < -0.4 is 10.2 Å². The summed E-state index contributed by atoms with van der Waals surface area (Å²) in [6.45, 7) is 5.47. The molecule has 3 rings (SSSR count). The Balaban J connectivity index is 1.55. The molecule has 2 N–H and O–H groups in total. The smallest absolute Gasteiger partial charge is 0.277 e. The molecule has 2 amide bonds. The van der Waals surface area contributed by atoms with Crippen molar-refractivity contribution < 1.29 is 14.5 Å². The number of nitrogens with zero attached hydrogens (tertiary/aromatic N) is 1. The van der Waals surface area contributed by atoms with Crippen LogP contribution in [0, 0.1) is 13.8 Å². The van der Waals surface area contributed by atoms with Crippen molar-refractivity contribution in [3.8, 4) is 0 Å². The molecule has 0 spiro atoms. The van der Waals surface area contributed by atoms with Crippen LogP contribution in [0.25, 0.3) is 0 Å². The minimum Gasteiger partial charge on any atom is -0.332 e. The largest absolute Gasteiger partial charge is 0.332 e. The number of hydrogen-bond acceptors (Lipinski definition) is 3. The maximum Gasteiger partial charge on any atom is 0.277 e. The molecule has 1 aliphatic rings. The van der Waals surface area contributed by atoms with E-state index in [-0.39, 0.29) is 18.4 Å². The number of para-hydroxylation sites is 1. The second-order valence-corrected chi connectivity index (χ2v) is 8.34. The first-order chi connectivity index (χ1) is 13.0. The van der Waals surface area contributed by atoms with Gasteiger partial charge in [-0.15, -0.1) is 11.3 Å². The maximum absolute atomic E-state index is 12.7. The molecule has 27 heavy (non-hydrogen) atoms. The Hall–Kier alpha value is -2.18. The second kappa shape index (κ2) is 8.67. The zero-order valence-electron chi connectivity index (χ0n) is 16.2. The SMILES string of the molecule is Cc1cccc(C)c1NC(=O)CN(C)C(=O)C[NH+]1CCC[C@@H]1c1cccs1. The highest BCUT2D eigenvalue weighted by atomic mass is 32.1. The molecule has 1 fully saturated rings. The van der Waals surface area contributed by atoms with Gasteiger partial charge in [-0.2, -0.15) is 0 Å². The van der Waals surface area contributed by atoms with Gasteiger partial charge in [0, 0.05) is 25.6 Å². The van der Waals surface area contributed by atoms with Crippen LogP contribution in [-0.2, 0) is 9.59 Å². The van der Waals surface area contributed by atoms with Crippen LogP contribution in [0.15, 0.2) is 35.7 Å². The number of hydrogen-bond donors (Lipinski definition) is 2. The van der Waals surface area contributed by atoms with Crippen LogP contribution in [0.4, 0.5) is 5.69 Å². The quantitative estimate of drug-likeness (QED) is 0.800. The lowest BCUT2D eigenvalue weighted by molar-refractivity contribution is -0.910. The molecule has 2 atom stereocenters. The van der Waals surface area contributed by atoms with Gasteiger partial charge in [-0.25, -0.2) is 0 Å². The summed E-state index contributed by atoms with van der Waals surface area (Å²) in [5.41, 5.74) is 2.89. The van der Waals surface area contributed by atoms with E-state index in [2.05, 4.69) is 22.8 Å². The third-order valence-electron chi connectivity index (χ3n) is 5.30. The fourth-order valence-corrected chi connectivity index (χ4v) is 4.70. The molecule has 1 aromatic heterocycles. The van der Waals surface area contributed by atoms with Gasteiger partial charge >= 0.3 is 0 Å². The normalized spacial score (nSPS) is 19.1. The number of nitrogens with one attached hydrogen (secondary N) is 2. The van der Waals surface area contributed by atoms with E-state index in [1.807, 2.05) is 32.0 Å². The summed E-state index contributed by atoms with van der Waals surface area (Å²) in [5.74, 6) is -0.139. The summed E-state index contributed by atoms with van der Waals surface area (Å²) in [6, 6.07) is 10.6. The van der Waals surface area contributed by atoms with Gasteiger partial charge in [0.05, 0.1) is 18.0 Å². The van der Waals surface area contributed by atoms with Gasteiger partial charge in [-0.3, -0.25) is 9.59 Å². The Bertz CT molecular complexity index is 784. The van der Waals surface area contributed by atoms with E-state index in [0.29, 0.717) is 12.6 Å². The molecule has 0 aliphatic carbocycles. The summed E-state index contributed by atoms with van der Waals surface area (Å²) in [4.78, 5) is 29.3. The van der Waals surface area contributed by atoms with Gasteiger partial charge in [-0.1, -0.05) is 24.3 Å². The molecule has 1 aliphatic heterocycles. The summed E-state index contributed by atoms with van der Waals surface area (Å²) in [6.07, 6.45) is 2.27. The van der Waals surface area contributed by atoms with E-state index < -0.39 is 0 Å². The summed E-state index contributed by atoms with van der Waals surface area (Å²) in [7, 11) is 1.71. The summed E-state index contributed by atoms with van der Waals surface area (Å²) >= 11 is 1.76. The summed E-state index contributed by atoms with van der Waals surface area (Å²) < 4.78 is 0. The van der Waals surface area contributed by atoms with Crippen molar-refractivity contribution in [1.82, 2.24) is 4.90 Å². The molecule has 1 saturated heterocycles. The lowest BCUT2D eigenvalue weighted by Crippen LogP contribution is -3.11. The highest BCUT2D eigenvalue weighted by Crippen LogP contribution is 2.23. The van der Waals surface area contributed by atoms with Crippen molar-refractivity contribution >= 4 is 28.8 Å². The van der Waals surface area contributed by atoms with Crippen LogP contribution in [-0.4, -0.2) is 43.4 Å². The monoisotopic (exact) mass is 386 g/mol. The fraction of sp³-hybridized carbons (Fsp3) is 0.429. The Kier molecular flexibility index (Phi) is 6.29. The Morgan fingerprint density at radius 2 is 1.96 bits per heavy atom. The number of likely N-dealkylation sites (tertiary alicyclic amines) is 1. The van der Waals surface area contributed by atoms with Crippen molar-refractivity contribution in [2.75, 3.05) is 32.0 Å². The summed E-state index contributed by atoms with van der Waals surface area (Å²) in [5, 5.41) is 5.05. The molecule has 1 unspecified atom stereocenters. The minimum absolute atomic E-state index is 0.0186. The van der Waals surface area contributed by atoms with Crippen LogP contribution in [0.1, 0.15) is 34.9 Å². The van der Waals surface area contributed by atoms with Gasteiger partial charge in [0.15, 0.2) is 6.54 Å². The van der Waals surface area contributed by atoms with E-state index in [4.69, 9.17) is 0 Å².